The number of ether oxygens (including phenoxy) is 1. The van der Waals surface area contributed by atoms with Crippen molar-refractivity contribution < 1.29 is 9.26 Å². The van der Waals surface area contributed by atoms with Gasteiger partial charge in [0.25, 0.3) is 0 Å². The number of hydrogen-bond donors (Lipinski definition) is 1. The maximum atomic E-state index is 6.07. The fraction of sp³-hybridized carbons (Fsp3) is 0.583. The van der Waals surface area contributed by atoms with E-state index >= 15 is 0 Å². The average Bonchev–Trinajstić information content (AvgIpc) is 2.98. The van der Waals surface area contributed by atoms with E-state index in [0.717, 1.165) is 5.56 Å². The van der Waals surface area contributed by atoms with Crippen LogP contribution in [-0.4, -0.2) is 27.0 Å². The van der Waals surface area contributed by atoms with Crippen LogP contribution in [0.2, 0.25) is 0 Å². The number of aromatic nitrogens is 4. The Labute approximate surface area is 111 Å². The lowest BCUT2D eigenvalue weighted by Crippen LogP contribution is -2.13. The second kappa shape index (κ2) is 5.50. The second-order valence-electron chi connectivity index (χ2n) is 4.82. The Hall–Kier alpha value is -1.73. The first-order chi connectivity index (χ1) is 9.02. The van der Waals surface area contributed by atoms with Crippen LogP contribution in [0, 0.1) is 5.92 Å². The molecule has 7 nitrogen and oxygen atoms in total. The van der Waals surface area contributed by atoms with Crippen molar-refractivity contribution in [3.05, 3.63) is 29.7 Å². The van der Waals surface area contributed by atoms with Gasteiger partial charge in [0, 0.05) is 25.9 Å². The van der Waals surface area contributed by atoms with Gasteiger partial charge >= 0.3 is 0 Å². The van der Waals surface area contributed by atoms with Gasteiger partial charge in [-0.15, -0.1) is 0 Å². The second-order valence-corrected chi connectivity index (χ2v) is 4.82. The van der Waals surface area contributed by atoms with E-state index in [1.807, 2.05) is 27.1 Å². The summed E-state index contributed by atoms with van der Waals surface area (Å²) in [4.78, 5) is 4.32. The Bertz CT molecular complexity index is 534. The highest BCUT2D eigenvalue weighted by Crippen LogP contribution is 2.24. The molecule has 0 spiro atoms. The average molecular weight is 265 g/mol. The molecule has 104 valence electrons. The Morgan fingerprint density at radius 2 is 2.16 bits per heavy atom. The molecule has 2 N–H and O–H groups in total. The molecule has 2 rings (SSSR count). The first kappa shape index (κ1) is 13.7. The molecule has 0 aliphatic carbocycles. The van der Waals surface area contributed by atoms with Gasteiger partial charge in [0.15, 0.2) is 0 Å². The summed E-state index contributed by atoms with van der Waals surface area (Å²) in [5.41, 5.74) is 6.90. The lowest BCUT2D eigenvalue weighted by atomic mass is 10.1. The fourth-order valence-electron chi connectivity index (χ4n) is 1.91. The van der Waals surface area contributed by atoms with Crippen molar-refractivity contribution in [3.8, 4) is 0 Å². The summed E-state index contributed by atoms with van der Waals surface area (Å²) in [6, 6.07) is -0.473. The molecule has 2 heterocycles. The smallest absolute Gasteiger partial charge is 0.248 e. The Morgan fingerprint density at radius 3 is 2.68 bits per heavy atom. The summed E-state index contributed by atoms with van der Waals surface area (Å²) in [6.45, 7) is 4.07. The molecule has 0 saturated carbocycles. The molecule has 0 saturated heterocycles. The first-order valence-corrected chi connectivity index (χ1v) is 6.13. The molecule has 2 aromatic heterocycles. The molecular weight excluding hydrogens is 246 g/mol. The number of hydrogen-bond acceptors (Lipinski definition) is 6. The lowest BCUT2D eigenvalue weighted by Gasteiger charge is -2.14. The van der Waals surface area contributed by atoms with Gasteiger partial charge in [0.05, 0.1) is 6.20 Å². The van der Waals surface area contributed by atoms with Crippen LogP contribution in [0.1, 0.15) is 43.3 Å². The highest BCUT2D eigenvalue weighted by molar-refractivity contribution is 5.17. The topological polar surface area (TPSA) is 92.0 Å². The predicted octanol–water partition coefficient (Wildman–Crippen LogP) is 1.19. The molecular formula is C12H19N5O2. The Balaban J connectivity index is 2.21. The summed E-state index contributed by atoms with van der Waals surface area (Å²) < 4.78 is 12.3. The largest absolute Gasteiger partial charge is 0.373 e. The summed E-state index contributed by atoms with van der Waals surface area (Å²) in [5.74, 6) is 1.14. The number of methoxy groups -OCH3 is 1. The zero-order chi connectivity index (χ0) is 14.0. The third-order valence-corrected chi connectivity index (χ3v) is 2.92. The van der Waals surface area contributed by atoms with Gasteiger partial charge in [-0.2, -0.15) is 10.1 Å². The molecule has 2 unspecified atom stereocenters. The molecule has 0 aliphatic rings. The van der Waals surface area contributed by atoms with E-state index in [9.17, 15) is 0 Å². The van der Waals surface area contributed by atoms with E-state index in [1.54, 1.807) is 18.0 Å². The normalized spacial score (nSPS) is 14.8. The van der Waals surface area contributed by atoms with Crippen molar-refractivity contribution in [1.82, 2.24) is 19.9 Å². The third kappa shape index (κ3) is 2.82. The van der Waals surface area contributed by atoms with E-state index in [0.29, 0.717) is 11.7 Å². The Kier molecular flexibility index (Phi) is 3.96. The van der Waals surface area contributed by atoms with Gasteiger partial charge in [0.2, 0.25) is 11.7 Å². The zero-order valence-electron chi connectivity index (χ0n) is 11.6. The van der Waals surface area contributed by atoms with Gasteiger partial charge in [0.1, 0.15) is 12.1 Å². The molecule has 0 amide bonds. The highest BCUT2D eigenvalue weighted by atomic mass is 16.5. The number of nitrogens with zero attached hydrogens (tertiary/aromatic N) is 4. The van der Waals surface area contributed by atoms with Crippen LogP contribution < -0.4 is 5.73 Å². The predicted molar refractivity (Wildman–Crippen MR) is 68.1 cm³/mol. The number of nitrogens with two attached hydrogens (primary N) is 1. The quantitative estimate of drug-likeness (QED) is 0.873. The molecule has 0 radical (unpaired) electrons. The van der Waals surface area contributed by atoms with Crippen molar-refractivity contribution in [1.29, 1.82) is 0 Å². The molecule has 2 aromatic rings. The van der Waals surface area contributed by atoms with Crippen LogP contribution in [0.3, 0.4) is 0 Å². The molecule has 2 atom stereocenters. The van der Waals surface area contributed by atoms with Crippen molar-refractivity contribution in [2.45, 2.75) is 26.0 Å². The molecule has 0 aromatic carbocycles. The van der Waals surface area contributed by atoms with Crippen LogP contribution in [0.5, 0.6) is 0 Å². The summed E-state index contributed by atoms with van der Waals surface area (Å²) >= 11 is 0. The van der Waals surface area contributed by atoms with Crippen LogP contribution >= 0.6 is 0 Å². The van der Waals surface area contributed by atoms with E-state index in [2.05, 4.69) is 15.2 Å². The first-order valence-electron chi connectivity index (χ1n) is 6.13. The van der Waals surface area contributed by atoms with Gasteiger partial charge in [-0.25, -0.2) is 0 Å². The van der Waals surface area contributed by atoms with Crippen LogP contribution in [0.15, 0.2) is 16.9 Å². The van der Waals surface area contributed by atoms with Crippen molar-refractivity contribution in [3.63, 3.8) is 0 Å². The third-order valence-electron chi connectivity index (χ3n) is 2.92. The van der Waals surface area contributed by atoms with Crippen molar-refractivity contribution >= 4 is 0 Å². The minimum atomic E-state index is -0.473. The molecule has 0 bridgehead atoms. The number of rotatable bonds is 5. The minimum Gasteiger partial charge on any atom is -0.373 e. The zero-order valence-corrected chi connectivity index (χ0v) is 11.6. The fourth-order valence-corrected chi connectivity index (χ4v) is 1.91. The molecule has 0 fully saturated rings. The van der Waals surface area contributed by atoms with Crippen LogP contribution in [0.4, 0.5) is 0 Å². The maximum absolute atomic E-state index is 6.07. The van der Waals surface area contributed by atoms with E-state index in [4.69, 9.17) is 15.0 Å². The molecule has 7 heteroatoms. The lowest BCUT2D eigenvalue weighted by molar-refractivity contribution is 0.0555. The van der Waals surface area contributed by atoms with Crippen LogP contribution in [0.25, 0.3) is 0 Å². The van der Waals surface area contributed by atoms with Crippen molar-refractivity contribution in [2.24, 2.45) is 18.7 Å². The molecule has 19 heavy (non-hydrogen) atoms. The van der Waals surface area contributed by atoms with Gasteiger partial charge < -0.3 is 15.0 Å². The van der Waals surface area contributed by atoms with Crippen LogP contribution in [-0.2, 0) is 11.8 Å². The molecule has 0 aliphatic heterocycles. The summed E-state index contributed by atoms with van der Waals surface area (Å²) in [5, 5.41) is 8.02. The standard InChI is InChI=1S/C12H19N5O2/c1-7(2)10(18-4)11-15-12(19-16-11)9(13)8-5-14-17(3)6-8/h5-7,9-10H,13H2,1-4H3. The maximum Gasteiger partial charge on any atom is 0.248 e. The number of aryl methyl sites for hydroxylation is 1. The van der Waals surface area contributed by atoms with Crippen molar-refractivity contribution in [2.75, 3.05) is 7.11 Å². The summed E-state index contributed by atoms with van der Waals surface area (Å²) in [6.07, 6.45) is 3.31. The minimum absolute atomic E-state index is 0.196. The van der Waals surface area contributed by atoms with Gasteiger partial charge in [-0.05, 0) is 5.92 Å². The highest BCUT2D eigenvalue weighted by Gasteiger charge is 2.24. The van der Waals surface area contributed by atoms with Gasteiger partial charge in [-0.1, -0.05) is 19.0 Å². The van der Waals surface area contributed by atoms with E-state index in [1.165, 1.54) is 0 Å². The Morgan fingerprint density at radius 1 is 1.42 bits per heavy atom. The summed E-state index contributed by atoms with van der Waals surface area (Å²) in [7, 11) is 3.46. The monoisotopic (exact) mass is 265 g/mol. The van der Waals surface area contributed by atoms with E-state index < -0.39 is 6.04 Å². The van der Waals surface area contributed by atoms with Gasteiger partial charge in [-0.3, -0.25) is 4.68 Å². The SMILES string of the molecule is COC(c1noc(C(N)c2cnn(C)c2)n1)C(C)C. The van der Waals surface area contributed by atoms with E-state index in [-0.39, 0.29) is 12.0 Å².